The molecule has 0 bridgehead atoms. The third-order valence-electron chi connectivity index (χ3n) is 6.26. The molecule has 8 nitrogen and oxygen atoms in total. The number of anilines is 2. The molecular weight excluding hydrogens is 440 g/mol. The van der Waals surface area contributed by atoms with E-state index in [0.29, 0.717) is 23.8 Å². The SMILES string of the molecule is COc1cc(Nc2nc(CN3CCOCC3)nc3sc4c(c23)CCCC4)cc(OC)c1OC. The van der Waals surface area contributed by atoms with Crippen LogP contribution in [0, 0.1) is 0 Å². The molecule has 2 aliphatic rings. The van der Waals surface area contributed by atoms with E-state index in [9.17, 15) is 0 Å². The molecule has 2 aromatic heterocycles. The van der Waals surface area contributed by atoms with E-state index in [4.69, 9.17) is 28.9 Å². The van der Waals surface area contributed by atoms with Crippen LogP contribution in [0.5, 0.6) is 17.2 Å². The number of aryl methyl sites for hydroxylation is 2. The van der Waals surface area contributed by atoms with E-state index in [1.807, 2.05) is 23.5 Å². The minimum Gasteiger partial charge on any atom is -0.493 e. The maximum atomic E-state index is 5.55. The van der Waals surface area contributed by atoms with Gasteiger partial charge in [-0.1, -0.05) is 0 Å². The number of rotatable bonds is 7. The summed E-state index contributed by atoms with van der Waals surface area (Å²) in [5.74, 6) is 3.45. The topological polar surface area (TPSA) is 78.0 Å². The van der Waals surface area contributed by atoms with Crippen molar-refractivity contribution in [1.29, 1.82) is 0 Å². The second-order valence-electron chi connectivity index (χ2n) is 8.31. The molecule has 0 amide bonds. The molecule has 1 aliphatic carbocycles. The van der Waals surface area contributed by atoms with Crippen LogP contribution in [0.1, 0.15) is 29.1 Å². The number of nitrogens with zero attached hydrogens (tertiary/aromatic N) is 3. The van der Waals surface area contributed by atoms with Crippen LogP contribution in [-0.4, -0.2) is 62.5 Å². The Bertz CT molecular complexity index is 1120. The van der Waals surface area contributed by atoms with Gasteiger partial charge in [0.15, 0.2) is 11.5 Å². The Hall–Kier alpha value is -2.62. The molecule has 33 heavy (non-hydrogen) atoms. The number of morpholine rings is 1. The van der Waals surface area contributed by atoms with Gasteiger partial charge in [0.1, 0.15) is 16.5 Å². The molecule has 1 aliphatic heterocycles. The van der Waals surface area contributed by atoms with E-state index in [2.05, 4.69) is 10.2 Å². The zero-order valence-corrected chi connectivity index (χ0v) is 20.2. The summed E-state index contributed by atoms with van der Waals surface area (Å²) in [6.45, 7) is 4.03. The first-order valence-electron chi connectivity index (χ1n) is 11.4. The molecule has 3 aromatic rings. The highest BCUT2D eigenvalue weighted by atomic mass is 32.1. The first kappa shape index (κ1) is 22.2. The molecule has 9 heteroatoms. The highest BCUT2D eigenvalue weighted by Gasteiger charge is 2.23. The van der Waals surface area contributed by atoms with E-state index in [1.54, 1.807) is 21.3 Å². The van der Waals surface area contributed by atoms with Gasteiger partial charge in [0.2, 0.25) is 5.75 Å². The first-order valence-corrected chi connectivity index (χ1v) is 12.2. The zero-order valence-electron chi connectivity index (χ0n) is 19.4. The van der Waals surface area contributed by atoms with Gasteiger partial charge in [-0.05, 0) is 31.2 Å². The number of fused-ring (bicyclic) bond motifs is 3. The molecule has 0 saturated carbocycles. The molecule has 176 valence electrons. The van der Waals surface area contributed by atoms with Crippen LogP contribution in [0.25, 0.3) is 10.2 Å². The third kappa shape index (κ3) is 4.45. The van der Waals surface area contributed by atoms with Crippen LogP contribution < -0.4 is 19.5 Å². The predicted octanol–water partition coefficient (Wildman–Crippen LogP) is 4.17. The summed E-state index contributed by atoms with van der Waals surface area (Å²) < 4.78 is 22.1. The first-order chi connectivity index (χ1) is 16.2. The smallest absolute Gasteiger partial charge is 0.203 e. The quantitative estimate of drug-likeness (QED) is 0.551. The molecule has 0 atom stereocenters. The average Bonchev–Trinajstić information content (AvgIpc) is 3.22. The fraction of sp³-hybridized carbons (Fsp3) is 0.500. The van der Waals surface area contributed by atoms with Crippen molar-refractivity contribution in [3.8, 4) is 17.2 Å². The molecular formula is C24H30N4O4S. The molecule has 1 N–H and O–H groups in total. The fourth-order valence-corrected chi connectivity index (χ4v) is 5.89. The van der Waals surface area contributed by atoms with E-state index >= 15 is 0 Å². The summed E-state index contributed by atoms with van der Waals surface area (Å²) in [5, 5.41) is 4.71. The van der Waals surface area contributed by atoms with Gasteiger partial charge < -0.3 is 24.3 Å². The van der Waals surface area contributed by atoms with E-state index in [0.717, 1.165) is 66.7 Å². The van der Waals surface area contributed by atoms with Crippen molar-refractivity contribution in [2.75, 3.05) is 52.9 Å². The molecule has 3 heterocycles. The molecule has 1 aromatic carbocycles. The fourth-order valence-electron chi connectivity index (χ4n) is 4.61. The van der Waals surface area contributed by atoms with Crippen molar-refractivity contribution >= 4 is 33.1 Å². The Morgan fingerprint density at radius 1 is 1.00 bits per heavy atom. The average molecular weight is 471 g/mol. The number of hydrogen-bond acceptors (Lipinski definition) is 9. The van der Waals surface area contributed by atoms with Crippen LogP contribution in [0.15, 0.2) is 12.1 Å². The second kappa shape index (κ2) is 9.70. The van der Waals surface area contributed by atoms with Gasteiger partial charge in [0.25, 0.3) is 0 Å². The molecule has 0 spiro atoms. The van der Waals surface area contributed by atoms with Gasteiger partial charge in [-0.25, -0.2) is 9.97 Å². The van der Waals surface area contributed by atoms with Crippen molar-refractivity contribution < 1.29 is 18.9 Å². The van der Waals surface area contributed by atoms with Gasteiger partial charge >= 0.3 is 0 Å². The summed E-state index contributed by atoms with van der Waals surface area (Å²) in [4.78, 5) is 14.9. The van der Waals surface area contributed by atoms with Crippen LogP contribution in [0.4, 0.5) is 11.5 Å². The van der Waals surface area contributed by atoms with E-state index < -0.39 is 0 Å². The lowest BCUT2D eigenvalue weighted by molar-refractivity contribution is 0.0331. The minimum atomic E-state index is 0.569. The number of thiophene rings is 1. The van der Waals surface area contributed by atoms with Crippen molar-refractivity contribution in [3.63, 3.8) is 0 Å². The van der Waals surface area contributed by atoms with E-state index in [1.165, 1.54) is 23.3 Å². The molecule has 5 rings (SSSR count). The largest absolute Gasteiger partial charge is 0.493 e. The number of hydrogen-bond donors (Lipinski definition) is 1. The number of aromatic nitrogens is 2. The predicted molar refractivity (Wildman–Crippen MR) is 130 cm³/mol. The lowest BCUT2D eigenvalue weighted by Crippen LogP contribution is -2.36. The summed E-state index contributed by atoms with van der Waals surface area (Å²) in [7, 11) is 4.86. The summed E-state index contributed by atoms with van der Waals surface area (Å²) in [6, 6.07) is 3.82. The minimum absolute atomic E-state index is 0.569. The normalized spacial score (nSPS) is 16.5. The molecule has 0 unspecified atom stereocenters. The standard InChI is InChI=1S/C24H30N4O4S/c1-29-17-12-15(13-18(30-2)22(17)31-3)25-23-21-16-6-4-5-7-19(16)33-24(21)27-20(26-23)14-28-8-10-32-11-9-28/h12-13H,4-11,14H2,1-3H3,(H,25,26,27). The highest BCUT2D eigenvalue weighted by molar-refractivity contribution is 7.19. The van der Waals surface area contributed by atoms with Crippen molar-refractivity contribution in [1.82, 2.24) is 14.9 Å². The van der Waals surface area contributed by atoms with Crippen LogP contribution in [-0.2, 0) is 24.1 Å². The van der Waals surface area contributed by atoms with Gasteiger partial charge in [-0.15, -0.1) is 11.3 Å². The maximum absolute atomic E-state index is 5.55. The Morgan fingerprint density at radius 3 is 2.42 bits per heavy atom. The van der Waals surface area contributed by atoms with Crippen LogP contribution in [0.3, 0.4) is 0 Å². The van der Waals surface area contributed by atoms with Crippen molar-refractivity contribution in [3.05, 3.63) is 28.4 Å². The molecule has 0 radical (unpaired) electrons. The Morgan fingerprint density at radius 2 is 1.73 bits per heavy atom. The maximum Gasteiger partial charge on any atom is 0.203 e. The Labute approximate surface area is 197 Å². The van der Waals surface area contributed by atoms with Crippen molar-refractivity contribution in [2.45, 2.75) is 32.2 Å². The lowest BCUT2D eigenvalue weighted by Gasteiger charge is -2.26. The Kier molecular flexibility index (Phi) is 6.52. The number of nitrogens with one attached hydrogen (secondary N) is 1. The molecule has 1 fully saturated rings. The molecule has 1 saturated heterocycles. The van der Waals surface area contributed by atoms with Crippen LogP contribution >= 0.6 is 11.3 Å². The van der Waals surface area contributed by atoms with Gasteiger partial charge in [-0.2, -0.15) is 0 Å². The number of methoxy groups -OCH3 is 3. The van der Waals surface area contributed by atoms with Crippen molar-refractivity contribution in [2.24, 2.45) is 0 Å². The zero-order chi connectivity index (χ0) is 22.8. The van der Waals surface area contributed by atoms with Gasteiger partial charge in [0, 0.05) is 35.8 Å². The summed E-state index contributed by atoms with van der Waals surface area (Å²) in [6.07, 6.45) is 4.64. The summed E-state index contributed by atoms with van der Waals surface area (Å²) in [5.41, 5.74) is 2.23. The Balaban J connectivity index is 1.57. The second-order valence-corrected chi connectivity index (χ2v) is 9.39. The highest BCUT2D eigenvalue weighted by Crippen LogP contribution is 2.43. The summed E-state index contributed by atoms with van der Waals surface area (Å²) >= 11 is 1.82. The third-order valence-corrected chi connectivity index (χ3v) is 7.44. The van der Waals surface area contributed by atoms with E-state index in [-0.39, 0.29) is 0 Å². The number of ether oxygens (including phenoxy) is 4. The van der Waals surface area contributed by atoms with Gasteiger partial charge in [-0.3, -0.25) is 4.90 Å². The number of benzene rings is 1. The lowest BCUT2D eigenvalue weighted by atomic mass is 9.97. The monoisotopic (exact) mass is 470 g/mol. The van der Waals surface area contributed by atoms with Crippen LogP contribution in [0.2, 0.25) is 0 Å². The van der Waals surface area contributed by atoms with Gasteiger partial charge in [0.05, 0.1) is 46.5 Å².